The van der Waals surface area contributed by atoms with Gasteiger partial charge in [0.05, 0.1) is 5.75 Å². The number of hydrogen-bond acceptors (Lipinski definition) is 3. The van der Waals surface area contributed by atoms with Gasteiger partial charge in [0.25, 0.3) is 0 Å². The lowest BCUT2D eigenvalue weighted by molar-refractivity contribution is -0.121. The third kappa shape index (κ3) is 6.20. The summed E-state index contributed by atoms with van der Waals surface area (Å²) in [4.78, 5) is 11.7. The first kappa shape index (κ1) is 16.2. The molecule has 0 radical (unpaired) electrons. The summed E-state index contributed by atoms with van der Waals surface area (Å²) in [5, 5.41) is 2.63. The van der Waals surface area contributed by atoms with E-state index in [1.54, 1.807) is 0 Å². The summed E-state index contributed by atoms with van der Waals surface area (Å²) in [5.41, 5.74) is 1.07. The van der Waals surface area contributed by atoms with Gasteiger partial charge in [-0.05, 0) is 17.5 Å². The molecule has 4 nitrogen and oxygen atoms in total. The van der Waals surface area contributed by atoms with Crippen LogP contribution in [0.1, 0.15) is 24.8 Å². The van der Waals surface area contributed by atoms with Crippen LogP contribution in [0.5, 0.6) is 0 Å². The lowest BCUT2D eigenvalue weighted by Crippen LogP contribution is -2.29. The van der Waals surface area contributed by atoms with Crippen LogP contribution in [-0.4, -0.2) is 32.9 Å². The van der Waals surface area contributed by atoms with E-state index < -0.39 is 9.84 Å². The average molecular weight is 348 g/mol. The van der Waals surface area contributed by atoms with Crippen LogP contribution in [0.4, 0.5) is 0 Å². The molecule has 1 unspecified atom stereocenters. The average Bonchev–Trinajstić information content (AvgIpc) is 2.27. The minimum Gasteiger partial charge on any atom is -0.355 e. The van der Waals surface area contributed by atoms with Crippen LogP contribution in [0.2, 0.25) is 0 Å². The number of sulfone groups is 1. The third-order valence-corrected chi connectivity index (χ3v) is 4.39. The van der Waals surface area contributed by atoms with Gasteiger partial charge in [-0.2, -0.15) is 0 Å². The number of carbonyl (C=O) groups excluding carboxylic acids is 1. The van der Waals surface area contributed by atoms with Gasteiger partial charge in [0.15, 0.2) is 0 Å². The summed E-state index contributed by atoms with van der Waals surface area (Å²) >= 11 is 3.45. The zero-order chi connectivity index (χ0) is 14.5. The number of benzene rings is 1. The number of rotatable bonds is 6. The minimum atomic E-state index is -3.03. The van der Waals surface area contributed by atoms with Crippen molar-refractivity contribution in [3.05, 3.63) is 34.3 Å². The third-order valence-electron chi connectivity index (χ3n) is 2.72. The van der Waals surface area contributed by atoms with Crippen molar-refractivity contribution in [2.24, 2.45) is 0 Å². The van der Waals surface area contributed by atoms with Gasteiger partial charge in [0, 0.05) is 23.7 Å². The Hall–Kier alpha value is -0.880. The van der Waals surface area contributed by atoms with Crippen molar-refractivity contribution in [3.8, 4) is 0 Å². The van der Waals surface area contributed by atoms with Crippen LogP contribution >= 0.6 is 15.9 Å². The molecule has 0 aromatic heterocycles. The highest BCUT2D eigenvalue weighted by atomic mass is 79.9. The van der Waals surface area contributed by atoms with E-state index in [-0.39, 0.29) is 24.1 Å². The van der Waals surface area contributed by atoms with Gasteiger partial charge in [-0.15, -0.1) is 0 Å². The smallest absolute Gasteiger partial charge is 0.220 e. The quantitative estimate of drug-likeness (QED) is 0.856. The molecule has 0 spiro atoms. The highest BCUT2D eigenvalue weighted by Crippen LogP contribution is 2.26. The van der Waals surface area contributed by atoms with Crippen LogP contribution in [0.15, 0.2) is 28.7 Å². The van der Waals surface area contributed by atoms with Crippen molar-refractivity contribution in [1.82, 2.24) is 5.32 Å². The number of nitrogens with one attached hydrogen (secondary N) is 1. The minimum absolute atomic E-state index is 0.0256. The first-order valence-electron chi connectivity index (χ1n) is 5.98. The second-order valence-electron chi connectivity index (χ2n) is 4.61. The number of amides is 1. The summed E-state index contributed by atoms with van der Waals surface area (Å²) in [6, 6.07) is 7.76. The van der Waals surface area contributed by atoms with E-state index in [0.29, 0.717) is 6.42 Å². The maximum atomic E-state index is 11.7. The van der Waals surface area contributed by atoms with E-state index in [2.05, 4.69) is 21.2 Å². The van der Waals surface area contributed by atoms with Crippen LogP contribution in [0.25, 0.3) is 0 Å². The molecule has 19 heavy (non-hydrogen) atoms. The largest absolute Gasteiger partial charge is 0.355 e. The predicted octanol–water partition coefficient (Wildman–Crippen LogP) is 2.10. The molecule has 1 atom stereocenters. The fourth-order valence-corrected chi connectivity index (χ4v) is 2.86. The van der Waals surface area contributed by atoms with Crippen molar-refractivity contribution in [2.45, 2.75) is 19.3 Å². The molecule has 0 saturated carbocycles. The van der Waals surface area contributed by atoms with Gasteiger partial charge in [-0.3, -0.25) is 4.79 Å². The predicted molar refractivity (Wildman–Crippen MR) is 79.9 cm³/mol. The van der Waals surface area contributed by atoms with Crippen LogP contribution in [0.3, 0.4) is 0 Å². The Balaban J connectivity index is 2.47. The lowest BCUT2D eigenvalue weighted by atomic mass is 9.97. The van der Waals surface area contributed by atoms with Gasteiger partial charge in [-0.25, -0.2) is 8.42 Å². The van der Waals surface area contributed by atoms with E-state index in [4.69, 9.17) is 0 Å². The molecule has 1 N–H and O–H groups in total. The summed E-state index contributed by atoms with van der Waals surface area (Å²) in [5.74, 6) is -0.0805. The van der Waals surface area contributed by atoms with Crippen molar-refractivity contribution in [1.29, 1.82) is 0 Å². The first-order chi connectivity index (χ1) is 8.79. The summed E-state index contributed by atoms with van der Waals surface area (Å²) < 4.78 is 22.9. The zero-order valence-electron chi connectivity index (χ0n) is 11.0. The molecule has 0 aliphatic rings. The molecule has 0 fully saturated rings. The second kappa shape index (κ2) is 7.05. The molecule has 6 heteroatoms. The summed E-state index contributed by atoms with van der Waals surface area (Å²) in [6.07, 6.45) is 1.50. The van der Waals surface area contributed by atoms with E-state index in [9.17, 15) is 13.2 Å². The van der Waals surface area contributed by atoms with Crippen molar-refractivity contribution >= 4 is 31.7 Å². The monoisotopic (exact) mass is 347 g/mol. The molecule has 0 bridgehead atoms. The molecule has 0 aliphatic heterocycles. The molecule has 1 amide bonds. The van der Waals surface area contributed by atoms with E-state index in [0.717, 1.165) is 16.3 Å². The lowest BCUT2D eigenvalue weighted by Gasteiger charge is -2.13. The van der Waals surface area contributed by atoms with Crippen molar-refractivity contribution < 1.29 is 13.2 Å². The Morgan fingerprint density at radius 1 is 1.37 bits per heavy atom. The Kier molecular flexibility index (Phi) is 6.00. The molecule has 0 heterocycles. The molecule has 106 valence electrons. The van der Waals surface area contributed by atoms with Gasteiger partial charge < -0.3 is 5.32 Å². The fourth-order valence-electron chi connectivity index (χ4n) is 1.71. The molecule has 0 aliphatic carbocycles. The van der Waals surface area contributed by atoms with Gasteiger partial charge in [0.2, 0.25) is 5.91 Å². The first-order valence-corrected chi connectivity index (χ1v) is 8.84. The van der Waals surface area contributed by atoms with Gasteiger partial charge in [-0.1, -0.05) is 41.1 Å². The molecular weight excluding hydrogens is 330 g/mol. The van der Waals surface area contributed by atoms with Crippen LogP contribution in [-0.2, 0) is 14.6 Å². The Morgan fingerprint density at radius 2 is 2.00 bits per heavy atom. The molecule has 1 rings (SSSR count). The van der Waals surface area contributed by atoms with Gasteiger partial charge >= 0.3 is 0 Å². The number of hydrogen-bond donors (Lipinski definition) is 1. The number of carbonyl (C=O) groups is 1. The second-order valence-corrected chi connectivity index (χ2v) is 7.72. The standard InChI is InChI=1S/C13H18BrNO3S/c1-10(11-5-3-4-6-12(11)14)9-13(16)15-7-8-19(2,17)18/h3-6,10H,7-9H2,1-2H3,(H,15,16). The molecule has 1 aromatic carbocycles. The van der Waals surface area contributed by atoms with E-state index in [1.165, 1.54) is 0 Å². The number of halogens is 1. The van der Waals surface area contributed by atoms with E-state index in [1.807, 2.05) is 31.2 Å². The van der Waals surface area contributed by atoms with E-state index >= 15 is 0 Å². The molecular formula is C13H18BrNO3S. The van der Waals surface area contributed by atoms with Crippen LogP contribution < -0.4 is 5.32 Å². The highest BCUT2D eigenvalue weighted by Gasteiger charge is 2.13. The Labute approximate surface area is 122 Å². The Morgan fingerprint density at radius 3 is 2.58 bits per heavy atom. The molecule has 1 aromatic rings. The van der Waals surface area contributed by atoms with Crippen molar-refractivity contribution in [2.75, 3.05) is 18.6 Å². The van der Waals surface area contributed by atoms with Gasteiger partial charge in [0.1, 0.15) is 9.84 Å². The summed E-state index contributed by atoms with van der Waals surface area (Å²) in [7, 11) is -3.03. The molecule has 0 saturated heterocycles. The topological polar surface area (TPSA) is 63.2 Å². The Bertz CT molecular complexity index is 543. The SMILES string of the molecule is CC(CC(=O)NCCS(C)(=O)=O)c1ccccc1Br. The maximum absolute atomic E-state index is 11.7. The van der Waals surface area contributed by atoms with Crippen LogP contribution in [0, 0.1) is 0 Å². The fraction of sp³-hybridized carbons (Fsp3) is 0.462. The highest BCUT2D eigenvalue weighted by molar-refractivity contribution is 9.10. The summed E-state index contributed by atoms with van der Waals surface area (Å²) in [6.45, 7) is 2.14. The van der Waals surface area contributed by atoms with Crippen molar-refractivity contribution in [3.63, 3.8) is 0 Å². The maximum Gasteiger partial charge on any atom is 0.220 e. The zero-order valence-corrected chi connectivity index (χ0v) is 13.4. The normalized spacial score (nSPS) is 13.0.